The second-order valence-electron chi connectivity index (χ2n) is 1.45. The molecular weight excluding hydrogens is 148 g/mol. The molecule has 10 heavy (non-hydrogen) atoms. The molecule has 2 N–H and O–H groups in total. The molecule has 0 atom stereocenters. The molecule has 0 saturated carbocycles. The smallest absolute Gasteiger partial charge is 0.182 e. The summed E-state index contributed by atoms with van der Waals surface area (Å²) in [7, 11) is 0. The van der Waals surface area contributed by atoms with E-state index in [4.69, 9.17) is 16.3 Å². The molecule has 0 spiro atoms. The minimum atomic E-state index is 0.116. The number of hydrogen-bond donors (Lipinski definition) is 1. The molecule has 0 amide bonds. The van der Waals surface area contributed by atoms with Crippen molar-refractivity contribution < 1.29 is 0 Å². The molecule has 1 aromatic heterocycles. The zero-order valence-electron chi connectivity index (χ0n) is 4.83. The molecule has 0 radical (unpaired) electrons. The molecule has 1 rings (SSSR count). The Kier molecular flexibility index (Phi) is 1.53. The Labute approximate surface area is 61.1 Å². The van der Waals surface area contributed by atoms with Crippen molar-refractivity contribution in [2.75, 3.05) is 5.73 Å². The molecule has 1 aromatic rings. The van der Waals surface area contributed by atoms with Gasteiger partial charge in [-0.2, -0.15) is 10.5 Å². The van der Waals surface area contributed by atoms with Crippen LogP contribution in [0.5, 0.6) is 0 Å². The molecule has 0 unspecified atom stereocenters. The van der Waals surface area contributed by atoms with Gasteiger partial charge in [-0.1, -0.05) is 11.3 Å². The minimum Gasteiger partial charge on any atom is -0.375 e. The Morgan fingerprint density at radius 1 is 1.40 bits per heavy atom. The SMILES string of the molecule is N#Cc1nc(N)sc1C#N. The van der Waals surface area contributed by atoms with E-state index in [0.29, 0.717) is 0 Å². The lowest BCUT2D eigenvalue weighted by atomic mass is 10.4. The van der Waals surface area contributed by atoms with Gasteiger partial charge in [-0.25, -0.2) is 4.98 Å². The first-order valence-electron chi connectivity index (χ1n) is 2.34. The molecular formula is C5H2N4S. The average molecular weight is 150 g/mol. The van der Waals surface area contributed by atoms with Gasteiger partial charge in [0.1, 0.15) is 17.0 Å². The lowest BCUT2D eigenvalue weighted by Crippen LogP contribution is -1.81. The van der Waals surface area contributed by atoms with Gasteiger partial charge in [0.2, 0.25) is 0 Å². The average Bonchev–Trinajstić information content (AvgIpc) is 2.30. The Bertz CT molecular complexity index is 295. The van der Waals surface area contributed by atoms with Crippen molar-refractivity contribution in [3.63, 3.8) is 0 Å². The van der Waals surface area contributed by atoms with E-state index in [-0.39, 0.29) is 15.7 Å². The number of nitrogen functional groups attached to an aromatic ring is 1. The number of rotatable bonds is 0. The van der Waals surface area contributed by atoms with Crippen LogP contribution in [0.3, 0.4) is 0 Å². The third-order valence-corrected chi connectivity index (χ3v) is 1.64. The predicted octanol–water partition coefficient (Wildman–Crippen LogP) is 0.469. The topological polar surface area (TPSA) is 86.5 Å². The van der Waals surface area contributed by atoms with Crippen LogP contribution in [0.25, 0.3) is 0 Å². The summed E-state index contributed by atoms with van der Waals surface area (Å²) in [6.07, 6.45) is 0. The molecule has 48 valence electrons. The number of anilines is 1. The second-order valence-corrected chi connectivity index (χ2v) is 2.48. The van der Waals surface area contributed by atoms with E-state index in [0.717, 1.165) is 11.3 Å². The first-order valence-corrected chi connectivity index (χ1v) is 3.16. The quantitative estimate of drug-likeness (QED) is 0.582. The third-order valence-electron chi connectivity index (χ3n) is 0.851. The summed E-state index contributed by atoms with van der Waals surface area (Å²) in [5.41, 5.74) is 5.35. The Morgan fingerprint density at radius 3 is 2.50 bits per heavy atom. The monoisotopic (exact) mass is 150 g/mol. The number of nitrogens with two attached hydrogens (primary N) is 1. The molecule has 0 aromatic carbocycles. The maximum atomic E-state index is 8.38. The Balaban J connectivity index is 3.28. The summed E-state index contributed by atoms with van der Waals surface area (Å²) in [5.74, 6) is 0. The first-order chi connectivity index (χ1) is 4.77. The first kappa shape index (κ1) is 6.53. The maximum absolute atomic E-state index is 8.38. The van der Waals surface area contributed by atoms with Gasteiger partial charge in [0.25, 0.3) is 0 Å². The highest BCUT2D eigenvalue weighted by molar-refractivity contribution is 7.16. The summed E-state index contributed by atoms with van der Waals surface area (Å²) < 4.78 is 0. The van der Waals surface area contributed by atoms with Crippen molar-refractivity contribution in [1.29, 1.82) is 10.5 Å². The van der Waals surface area contributed by atoms with Gasteiger partial charge in [-0.3, -0.25) is 0 Å². The van der Waals surface area contributed by atoms with Crippen LogP contribution in [-0.2, 0) is 0 Å². The molecule has 5 heteroatoms. The number of hydrogen-bond acceptors (Lipinski definition) is 5. The van der Waals surface area contributed by atoms with Gasteiger partial charge in [-0.15, -0.1) is 0 Å². The van der Waals surface area contributed by atoms with Gasteiger partial charge in [-0.05, 0) is 0 Å². The maximum Gasteiger partial charge on any atom is 0.182 e. The fraction of sp³-hybridized carbons (Fsp3) is 0. The van der Waals surface area contributed by atoms with Crippen LogP contribution in [-0.4, -0.2) is 4.98 Å². The van der Waals surface area contributed by atoms with Crippen molar-refractivity contribution in [2.24, 2.45) is 0 Å². The minimum absolute atomic E-state index is 0.116. The molecule has 0 saturated heterocycles. The summed E-state index contributed by atoms with van der Waals surface area (Å²) >= 11 is 1.02. The summed E-state index contributed by atoms with van der Waals surface area (Å²) in [5, 5.41) is 17.0. The van der Waals surface area contributed by atoms with Crippen molar-refractivity contribution in [2.45, 2.75) is 0 Å². The van der Waals surface area contributed by atoms with Crippen molar-refractivity contribution in [3.8, 4) is 12.1 Å². The Hall–Kier alpha value is -1.59. The van der Waals surface area contributed by atoms with E-state index in [1.165, 1.54) is 0 Å². The highest BCUT2D eigenvalue weighted by Crippen LogP contribution is 2.17. The predicted molar refractivity (Wildman–Crippen MR) is 36.0 cm³/mol. The fourth-order valence-electron chi connectivity index (χ4n) is 0.488. The molecule has 0 aliphatic heterocycles. The van der Waals surface area contributed by atoms with E-state index in [1.807, 2.05) is 6.07 Å². The highest BCUT2D eigenvalue weighted by atomic mass is 32.1. The number of nitriles is 2. The Morgan fingerprint density at radius 2 is 2.10 bits per heavy atom. The second kappa shape index (κ2) is 2.34. The van der Waals surface area contributed by atoms with E-state index in [1.54, 1.807) is 6.07 Å². The molecule has 0 fully saturated rings. The van der Waals surface area contributed by atoms with Crippen LogP contribution in [0.1, 0.15) is 10.6 Å². The lowest BCUT2D eigenvalue weighted by molar-refractivity contribution is 1.32. The van der Waals surface area contributed by atoms with E-state index >= 15 is 0 Å². The van der Waals surface area contributed by atoms with Gasteiger partial charge in [0, 0.05) is 0 Å². The van der Waals surface area contributed by atoms with E-state index in [2.05, 4.69) is 4.98 Å². The summed E-state index contributed by atoms with van der Waals surface area (Å²) in [6, 6.07) is 3.58. The van der Waals surface area contributed by atoms with Gasteiger partial charge in [0.05, 0.1) is 0 Å². The fourth-order valence-corrected chi connectivity index (χ4v) is 1.07. The number of nitrogens with zero attached hydrogens (tertiary/aromatic N) is 3. The van der Waals surface area contributed by atoms with Crippen LogP contribution in [0.4, 0.5) is 5.13 Å². The molecule has 0 aliphatic rings. The van der Waals surface area contributed by atoms with Gasteiger partial charge >= 0.3 is 0 Å². The zero-order chi connectivity index (χ0) is 7.56. The van der Waals surface area contributed by atoms with Crippen molar-refractivity contribution in [1.82, 2.24) is 4.98 Å². The number of thiazole rings is 1. The molecule has 1 heterocycles. The normalized spacial score (nSPS) is 8.20. The zero-order valence-corrected chi connectivity index (χ0v) is 5.64. The van der Waals surface area contributed by atoms with Crippen LogP contribution < -0.4 is 5.73 Å². The van der Waals surface area contributed by atoms with Crippen molar-refractivity contribution >= 4 is 16.5 Å². The van der Waals surface area contributed by atoms with Gasteiger partial charge in [0.15, 0.2) is 10.8 Å². The molecule has 0 aliphatic carbocycles. The summed E-state index contributed by atoms with van der Waals surface area (Å²) in [6.45, 7) is 0. The molecule has 4 nitrogen and oxygen atoms in total. The highest BCUT2D eigenvalue weighted by Gasteiger charge is 2.06. The largest absolute Gasteiger partial charge is 0.375 e. The van der Waals surface area contributed by atoms with Crippen LogP contribution >= 0.6 is 11.3 Å². The van der Waals surface area contributed by atoms with Crippen LogP contribution in [0.15, 0.2) is 0 Å². The van der Waals surface area contributed by atoms with E-state index in [9.17, 15) is 0 Å². The van der Waals surface area contributed by atoms with Crippen molar-refractivity contribution in [3.05, 3.63) is 10.6 Å². The van der Waals surface area contributed by atoms with Crippen LogP contribution in [0, 0.1) is 22.7 Å². The molecule has 0 bridgehead atoms. The number of aromatic nitrogens is 1. The van der Waals surface area contributed by atoms with Crippen LogP contribution in [0.2, 0.25) is 0 Å². The standard InChI is InChI=1S/C5H2N4S/c6-1-3-4(2-7)10-5(8)9-3/h(H2,8,9). The lowest BCUT2D eigenvalue weighted by Gasteiger charge is -1.71. The summed E-state index contributed by atoms with van der Waals surface area (Å²) in [4.78, 5) is 3.89. The van der Waals surface area contributed by atoms with Gasteiger partial charge < -0.3 is 5.73 Å². The van der Waals surface area contributed by atoms with E-state index < -0.39 is 0 Å². The third kappa shape index (κ3) is 0.903.